The van der Waals surface area contributed by atoms with Crippen molar-refractivity contribution in [2.24, 2.45) is 0 Å². The predicted molar refractivity (Wildman–Crippen MR) is 88.4 cm³/mol. The van der Waals surface area contributed by atoms with E-state index in [-0.39, 0.29) is 0 Å². The van der Waals surface area contributed by atoms with Crippen molar-refractivity contribution >= 4 is 16.9 Å². The first kappa shape index (κ1) is 15.1. The molecule has 2 heterocycles. The number of likely N-dealkylation sites (N-methyl/N-ethyl adjacent to an activating group) is 1. The first-order valence-electron chi connectivity index (χ1n) is 8.17. The summed E-state index contributed by atoms with van der Waals surface area (Å²) in [4.78, 5) is 11.8. The zero-order chi connectivity index (χ0) is 15.7. The monoisotopic (exact) mass is 300 g/mol. The Hall–Kier alpha value is -1.81. The summed E-state index contributed by atoms with van der Waals surface area (Å²) in [7, 11) is 2.00. The lowest BCUT2D eigenvalue weighted by Gasteiger charge is -2.26. The van der Waals surface area contributed by atoms with Crippen LogP contribution in [-0.2, 0) is 17.8 Å². The van der Waals surface area contributed by atoms with Gasteiger partial charge in [0, 0.05) is 29.2 Å². The van der Waals surface area contributed by atoms with E-state index in [0.717, 1.165) is 36.8 Å². The van der Waals surface area contributed by atoms with Crippen LogP contribution >= 0.6 is 0 Å². The molecule has 1 aromatic carbocycles. The van der Waals surface area contributed by atoms with Gasteiger partial charge in [-0.25, -0.2) is 0 Å². The molecule has 0 aliphatic carbocycles. The number of carboxylic acids is 1. The summed E-state index contributed by atoms with van der Waals surface area (Å²) in [6.45, 7) is 2.97. The van der Waals surface area contributed by atoms with E-state index in [4.69, 9.17) is 0 Å². The Morgan fingerprint density at radius 3 is 2.91 bits per heavy atom. The molecule has 118 valence electrons. The molecule has 0 spiro atoms. The molecule has 1 aliphatic heterocycles. The fourth-order valence-electron chi connectivity index (χ4n) is 3.79. The van der Waals surface area contributed by atoms with Crippen molar-refractivity contribution < 1.29 is 9.90 Å². The van der Waals surface area contributed by atoms with Gasteiger partial charge in [0.2, 0.25) is 0 Å². The molecule has 2 N–H and O–H groups in total. The summed E-state index contributed by atoms with van der Waals surface area (Å²) < 4.78 is 2.33. The van der Waals surface area contributed by atoms with E-state index >= 15 is 0 Å². The third-order valence-corrected chi connectivity index (χ3v) is 4.89. The van der Waals surface area contributed by atoms with Crippen molar-refractivity contribution in [3.05, 3.63) is 35.5 Å². The maximum atomic E-state index is 11.8. The van der Waals surface area contributed by atoms with Crippen molar-refractivity contribution in [1.82, 2.24) is 9.88 Å². The van der Waals surface area contributed by atoms with Crippen LogP contribution in [0.1, 0.15) is 43.4 Å². The maximum absolute atomic E-state index is 11.8. The molecule has 0 saturated heterocycles. The average molecular weight is 300 g/mol. The van der Waals surface area contributed by atoms with Gasteiger partial charge in [-0.2, -0.15) is 0 Å². The van der Waals surface area contributed by atoms with E-state index in [1.807, 2.05) is 19.2 Å². The number of hydrogen-bond acceptors (Lipinski definition) is 2. The number of aromatic nitrogens is 1. The smallest absolute Gasteiger partial charge is 0.311 e. The first-order chi connectivity index (χ1) is 10.7. The quantitative estimate of drug-likeness (QED) is 0.892. The standard InChI is InChI=1S/C18H24N2O2/c1-3-6-14(18(21)22)17-13-7-4-5-8-15(13)20-11-12(19-2)9-10-16(17)20/h4-5,7-8,12,14,19H,3,6,9-11H2,1-2H3,(H,21,22)/t12-,14?/m1/s1. The van der Waals surface area contributed by atoms with Crippen LogP contribution in [0.4, 0.5) is 0 Å². The van der Waals surface area contributed by atoms with Crippen LogP contribution in [0.25, 0.3) is 10.9 Å². The van der Waals surface area contributed by atoms with Gasteiger partial charge in [0.15, 0.2) is 0 Å². The lowest BCUT2D eigenvalue weighted by molar-refractivity contribution is -0.139. The summed E-state index contributed by atoms with van der Waals surface area (Å²) in [5.41, 5.74) is 3.46. The van der Waals surface area contributed by atoms with Gasteiger partial charge in [0.05, 0.1) is 5.92 Å². The lowest BCUT2D eigenvalue weighted by Crippen LogP contribution is -2.35. The third-order valence-electron chi connectivity index (χ3n) is 4.89. The minimum absolute atomic E-state index is 0.391. The minimum atomic E-state index is -0.697. The van der Waals surface area contributed by atoms with Crippen molar-refractivity contribution in [3.63, 3.8) is 0 Å². The molecule has 0 amide bonds. The summed E-state index contributed by atoms with van der Waals surface area (Å²) in [6, 6.07) is 8.71. The SMILES string of the molecule is CCCC(C(=O)O)c1c2n(c3ccccc13)C[C@H](NC)CC2. The lowest BCUT2D eigenvalue weighted by atomic mass is 9.89. The second kappa shape index (κ2) is 6.13. The van der Waals surface area contributed by atoms with Crippen LogP contribution < -0.4 is 5.32 Å². The fourth-order valence-corrected chi connectivity index (χ4v) is 3.79. The average Bonchev–Trinajstić information content (AvgIpc) is 2.86. The Bertz CT molecular complexity index is 690. The number of hydrogen-bond donors (Lipinski definition) is 2. The second-order valence-electron chi connectivity index (χ2n) is 6.19. The number of para-hydroxylation sites is 1. The summed E-state index contributed by atoms with van der Waals surface area (Å²) in [5.74, 6) is -1.09. The summed E-state index contributed by atoms with van der Waals surface area (Å²) in [6.07, 6.45) is 3.60. The van der Waals surface area contributed by atoms with Gasteiger partial charge in [-0.05, 0) is 37.9 Å². The van der Waals surface area contributed by atoms with Crippen molar-refractivity contribution in [3.8, 4) is 0 Å². The van der Waals surface area contributed by atoms with Crippen molar-refractivity contribution in [1.29, 1.82) is 0 Å². The molecule has 1 aromatic heterocycles. The van der Waals surface area contributed by atoms with Gasteiger partial charge in [-0.1, -0.05) is 31.5 Å². The van der Waals surface area contributed by atoms with Crippen LogP contribution in [0.5, 0.6) is 0 Å². The van der Waals surface area contributed by atoms with Crippen LogP contribution in [0.3, 0.4) is 0 Å². The number of benzene rings is 1. The fraction of sp³-hybridized carbons (Fsp3) is 0.500. The predicted octanol–water partition coefficient (Wildman–Crippen LogP) is 3.14. The van der Waals surface area contributed by atoms with Gasteiger partial charge in [0.25, 0.3) is 0 Å². The number of nitrogens with one attached hydrogen (secondary N) is 1. The normalized spacial score (nSPS) is 19.1. The Labute approximate surface area is 131 Å². The molecular formula is C18H24N2O2. The van der Waals surface area contributed by atoms with E-state index < -0.39 is 11.9 Å². The van der Waals surface area contributed by atoms with Crippen molar-refractivity contribution in [2.75, 3.05) is 7.05 Å². The molecule has 0 bridgehead atoms. The van der Waals surface area contributed by atoms with Crippen LogP contribution in [-0.4, -0.2) is 28.7 Å². The Morgan fingerprint density at radius 2 is 2.23 bits per heavy atom. The van der Waals surface area contributed by atoms with Gasteiger partial charge in [-0.15, -0.1) is 0 Å². The highest BCUT2D eigenvalue weighted by molar-refractivity contribution is 5.91. The van der Waals surface area contributed by atoms with E-state index in [1.54, 1.807) is 0 Å². The summed E-state index contributed by atoms with van der Waals surface area (Å²) in [5, 5.41) is 14.2. The van der Waals surface area contributed by atoms with E-state index in [2.05, 4.69) is 28.9 Å². The highest BCUT2D eigenvalue weighted by Gasteiger charge is 2.30. The third kappa shape index (κ3) is 2.41. The summed E-state index contributed by atoms with van der Waals surface area (Å²) >= 11 is 0. The molecular weight excluding hydrogens is 276 g/mol. The molecule has 0 fully saturated rings. The van der Waals surface area contributed by atoms with Gasteiger partial charge in [0.1, 0.15) is 0 Å². The molecule has 2 aromatic rings. The maximum Gasteiger partial charge on any atom is 0.311 e. The Balaban J connectivity index is 2.20. The number of nitrogens with zero attached hydrogens (tertiary/aromatic N) is 1. The number of rotatable bonds is 5. The Kier molecular flexibility index (Phi) is 4.21. The van der Waals surface area contributed by atoms with E-state index in [0.29, 0.717) is 12.5 Å². The zero-order valence-electron chi connectivity index (χ0n) is 13.3. The highest BCUT2D eigenvalue weighted by Crippen LogP contribution is 2.37. The molecule has 4 heteroatoms. The van der Waals surface area contributed by atoms with Crippen molar-refractivity contribution in [2.45, 2.75) is 51.1 Å². The molecule has 0 radical (unpaired) electrons. The molecule has 3 rings (SSSR count). The number of carbonyl (C=O) groups is 1. The minimum Gasteiger partial charge on any atom is -0.481 e. The molecule has 22 heavy (non-hydrogen) atoms. The zero-order valence-corrected chi connectivity index (χ0v) is 13.3. The highest BCUT2D eigenvalue weighted by atomic mass is 16.4. The molecule has 1 aliphatic rings. The largest absolute Gasteiger partial charge is 0.481 e. The van der Waals surface area contributed by atoms with Gasteiger partial charge in [-0.3, -0.25) is 4.79 Å². The van der Waals surface area contributed by atoms with Gasteiger partial charge < -0.3 is 15.0 Å². The van der Waals surface area contributed by atoms with E-state index in [1.165, 1.54) is 11.2 Å². The Morgan fingerprint density at radius 1 is 1.45 bits per heavy atom. The number of fused-ring (bicyclic) bond motifs is 3. The second-order valence-corrected chi connectivity index (χ2v) is 6.19. The molecule has 4 nitrogen and oxygen atoms in total. The topological polar surface area (TPSA) is 54.3 Å². The molecule has 0 saturated carbocycles. The number of aliphatic carboxylic acids is 1. The molecule has 2 atom stereocenters. The number of carboxylic acid groups (broad SMARTS) is 1. The molecule has 1 unspecified atom stereocenters. The van der Waals surface area contributed by atoms with E-state index in [9.17, 15) is 9.90 Å². The van der Waals surface area contributed by atoms with Crippen LogP contribution in [0.15, 0.2) is 24.3 Å². The first-order valence-corrected chi connectivity index (χ1v) is 8.17. The van der Waals surface area contributed by atoms with Gasteiger partial charge >= 0.3 is 5.97 Å². The van der Waals surface area contributed by atoms with Crippen LogP contribution in [0.2, 0.25) is 0 Å². The van der Waals surface area contributed by atoms with Crippen LogP contribution in [0, 0.1) is 0 Å².